The average molecular weight is 295 g/mol. The van der Waals surface area contributed by atoms with Crippen LogP contribution in [0.25, 0.3) is 21.3 Å². The van der Waals surface area contributed by atoms with E-state index in [-0.39, 0.29) is 5.78 Å². The van der Waals surface area contributed by atoms with Crippen LogP contribution >= 0.6 is 11.3 Å². The Hall–Kier alpha value is -2.00. The molecule has 0 radical (unpaired) electrons. The third-order valence-electron chi connectivity index (χ3n) is 3.91. The summed E-state index contributed by atoms with van der Waals surface area (Å²) in [6.45, 7) is 7.77. The first-order chi connectivity index (χ1) is 10.0. The van der Waals surface area contributed by atoms with Crippen molar-refractivity contribution in [3.63, 3.8) is 0 Å². The molecule has 0 bridgehead atoms. The van der Waals surface area contributed by atoms with Crippen LogP contribution in [0.2, 0.25) is 0 Å². The maximum atomic E-state index is 12.2. The van der Waals surface area contributed by atoms with E-state index in [0.717, 1.165) is 32.6 Å². The molecule has 2 aromatic heterocycles. The zero-order valence-electron chi connectivity index (χ0n) is 12.7. The maximum absolute atomic E-state index is 12.2. The summed E-state index contributed by atoms with van der Waals surface area (Å²) in [6.07, 6.45) is 0. The van der Waals surface area contributed by atoms with E-state index in [1.165, 1.54) is 10.4 Å². The highest BCUT2D eigenvalue weighted by Gasteiger charge is 2.20. The van der Waals surface area contributed by atoms with Crippen molar-refractivity contribution in [3.8, 4) is 11.1 Å². The topological polar surface area (TPSA) is 30.0 Å². The molecule has 3 aromatic rings. The number of aromatic nitrogens is 1. The lowest BCUT2D eigenvalue weighted by molar-refractivity contribution is 0.101. The summed E-state index contributed by atoms with van der Waals surface area (Å²) in [5.74, 6) is 0.0732. The number of pyridine rings is 1. The predicted molar refractivity (Wildman–Crippen MR) is 89.3 cm³/mol. The lowest BCUT2D eigenvalue weighted by atomic mass is 9.92. The van der Waals surface area contributed by atoms with Crippen LogP contribution in [-0.2, 0) is 0 Å². The van der Waals surface area contributed by atoms with E-state index >= 15 is 0 Å². The Kier molecular flexibility index (Phi) is 3.38. The number of ketones is 1. The van der Waals surface area contributed by atoms with Gasteiger partial charge in [0.2, 0.25) is 0 Å². The Labute approximate surface area is 128 Å². The van der Waals surface area contributed by atoms with Gasteiger partial charge in [-0.3, -0.25) is 4.79 Å². The van der Waals surface area contributed by atoms with E-state index in [4.69, 9.17) is 0 Å². The first-order valence-corrected chi connectivity index (χ1v) is 7.79. The van der Waals surface area contributed by atoms with Gasteiger partial charge in [-0.25, -0.2) is 4.98 Å². The van der Waals surface area contributed by atoms with Crippen LogP contribution in [0.4, 0.5) is 0 Å². The fraction of sp³-hybridized carbons (Fsp3) is 0.222. The van der Waals surface area contributed by atoms with E-state index in [9.17, 15) is 4.79 Å². The van der Waals surface area contributed by atoms with Gasteiger partial charge in [0.25, 0.3) is 0 Å². The molecule has 0 saturated heterocycles. The molecule has 3 heteroatoms. The summed E-state index contributed by atoms with van der Waals surface area (Å²) in [4.78, 5) is 19.1. The number of carbonyl (C=O) groups is 1. The first-order valence-electron chi connectivity index (χ1n) is 6.97. The minimum atomic E-state index is 0.0732. The summed E-state index contributed by atoms with van der Waals surface area (Å²) < 4.78 is 0. The van der Waals surface area contributed by atoms with Crippen LogP contribution in [0, 0.1) is 20.8 Å². The number of nitrogens with zero attached hydrogens (tertiary/aromatic N) is 1. The number of Topliss-reactive ketones (excluding diaryl/α,β-unsaturated/α-hetero) is 1. The van der Waals surface area contributed by atoms with E-state index in [1.807, 2.05) is 25.1 Å². The second-order valence-corrected chi connectivity index (χ2v) is 6.54. The summed E-state index contributed by atoms with van der Waals surface area (Å²) in [7, 11) is 0. The molecule has 0 aliphatic rings. The highest BCUT2D eigenvalue weighted by molar-refractivity contribution is 7.18. The van der Waals surface area contributed by atoms with Gasteiger partial charge in [-0.1, -0.05) is 30.3 Å². The minimum absolute atomic E-state index is 0.0732. The molecule has 0 aliphatic heterocycles. The van der Waals surface area contributed by atoms with Gasteiger partial charge in [0.15, 0.2) is 5.78 Å². The van der Waals surface area contributed by atoms with Crippen LogP contribution in [-0.4, -0.2) is 10.8 Å². The lowest BCUT2D eigenvalue weighted by Gasteiger charge is -2.12. The van der Waals surface area contributed by atoms with Crippen molar-refractivity contribution in [2.45, 2.75) is 27.7 Å². The summed E-state index contributed by atoms with van der Waals surface area (Å²) >= 11 is 1.70. The van der Waals surface area contributed by atoms with Gasteiger partial charge in [-0.2, -0.15) is 0 Å². The standard InChI is InChI=1S/C18H17NOS/c1-10-13(4)21-18-15(10)17(14-8-6-5-7-9-14)16(12(3)20)11(2)19-18/h5-9H,1-4H3. The Morgan fingerprint density at radius 1 is 1.10 bits per heavy atom. The smallest absolute Gasteiger partial charge is 0.162 e. The summed E-state index contributed by atoms with van der Waals surface area (Å²) in [5.41, 5.74) is 4.90. The van der Waals surface area contributed by atoms with Gasteiger partial charge in [0.1, 0.15) is 4.83 Å². The van der Waals surface area contributed by atoms with Crippen LogP contribution in [0.1, 0.15) is 33.4 Å². The Morgan fingerprint density at radius 3 is 2.38 bits per heavy atom. The molecule has 0 N–H and O–H groups in total. The zero-order valence-corrected chi connectivity index (χ0v) is 13.5. The lowest BCUT2D eigenvalue weighted by Crippen LogP contribution is -2.03. The van der Waals surface area contributed by atoms with Gasteiger partial charge in [-0.05, 0) is 38.8 Å². The second kappa shape index (κ2) is 5.08. The molecule has 0 unspecified atom stereocenters. The molecule has 106 valence electrons. The van der Waals surface area contributed by atoms with Crippen molar-refractivity contribution >= 4 is 27.3 Å². The number of carbonyl (C=O) groups excluding carboxylic acids is 1. The van der Waals surface area contributed by atoms with Crippen molar-refractivity contribution < 1.29 is 4.79 Å². The summed E-state index contributed by atoms with van der Waals surface area (Å²) in [5, 5.41) is 1.12. The minimum Gasteiger partial charge on any atom is -0.294 e. The van der Waals surface area contributed by atoms with Gasteiger partial charge >= 0.3 is 0 Å². The van der Waals surface area contributed by atoms with Crippen LogP contribution < -0.4 is 0 Å². The molecule has 2 heterocycles. The van der Waals surface area contributed by atoms with E-state index in [2.05, 4.69) is 31.0 Å². The largest absolute Gasteiger partial charge is 0.294 e. The number of hydrogen-bond acceptors (Lipinski definition) is 3. The molecule has 3 rings (SSSR count). The van der Waals surface area contributed by atoms with E-state index in [1.54, 1.807) is 18.3 Å². The molecule has 1 aromatic carbocycles. The number of aryl methyl sites for hydroxylation is 3. The maximum Gasteiger partial charge on any atom is 0.162 e. The molecule has 0 aliphatic carbocycles. The van der Waals surface area contributed by atoms with Gasteiger partial charge in [-0.15, -0.1) is 11.3 Å². The van der Waals surface area contributed by atoms with Gasteiger partial charge in [0.05, 0.1) is 5.69 Å². The van der Waals surface area contributed by atoms with Crippen LogP contribution in [0.15, 0.2) is 30.3 Å². The monoisotopic (exact) mass is 295 g/mol. The third kappa shape index (κ3) is 2.18. The Balaban J connectivity index is 2.54. The van der Waals surface area contributed by atoms with Gasteiger partial charge in [0, 0.05) is 21.4 Å². The molecule has 21 heavy (non-hydrogen) atoms. The summed E-state index contributed by atoms with van der Waals surface area (Å²) in [6, 6.07) is 10.1. The number of hydrogen-bond donors (Lipinski definition) is 0. The fourth-order valence-corrected chi connectivity index (χ4v) is 3.91. The molecule has 0 amide bonds. The van der Waals surface area contributed by atoms with E-state index in [0.29, 0.717) is 0 Å². The van der Waals surface area contributed by atoms with Crippen LogP contribution in [0.5, 0.6) is 0 Å². The molecule has 0 spiro atoms. The molecular weight excluding hydrogens is 278 g/mol. The van der Waals surface area contributed by atoms with Crippen LogP contribution in [0.3, 0.4) is 0 Å². The average Bonchev–Trinajstić information content (AvgIpc) is 2.73. The molecule has 0 atom stereocenters. The number of benzene rings is 1. The zero-order chi connectivity index (χ0) is 15.1. The normalized spacial score (nSPS) is 11.0. The van der Waals surface area contributed by atoms with Gasteiger partial charge < -0.3 is 0 Å². The van der Waals surface area contributed by atoms with Crippen molar-refractivity contribution in [2.75, 3.05) is 0 Å². The number of fused-ring (bicyclic) bond motifs is 1. The van der Waals surface area contributed by atoms with Crippen molar-refractivity contribution in [2.24, 2.45) is 0 Å². The molecule has 0 saturated carbocycles. The second-order valence-electron chi connectivity index (χ2n) is 5.33. The molecule has 2 nitrogen and oxygen atoms in total. The Bertz CT molecular complexity index is 847. The molecule has 0 fully saturated rings. The Morgan fingerprint density at radius 2 is 1.76 bits per heavy atom. The van der Waals surface area contributed by atoms with Crippen molar-refractivity contribution in [3.05, 3.63) is 52.0 Å². The van der Waals surface area contributed by atoms with E-state index < -0.39 is 0 Å². The highest BCUT2D eigenvalue weighted by atomic mass is 32.1. The number of thiophene rings is 1. The van der Waals surface area contributed by atoms with Crippen molar-refractivity contribution in [1.29, 1.82) is 0 Å². The molecular formula is C18H17NOS. The predicted octanol–water partition coefficient (Wildman–Crippen LogP) is 5.09. The number of rotatable bonds is 2. The van der Waals surface area contributed by atoms with Crippen molar-refractivity contribution in [1.82, 2.24) is 4.98 Å². The third-order valence-corrected chi connectivity index (χ3v) is 5.01. The SMILES string of the molecule is CC(=O)c1c(C)nc2sc(C)c(C)c2c1-c1ccccc1. The highest BCUT2D eigenvalue weighted by Crippen LogP contribution is 2.39. The quantitative estimate of drug-likeness (QED) is 0.616. The first kappa shape index (κ1) is 14.0. The fourth-order valence-electron chi connectivity index (χ4n) is 2.82.